The smallest absolute Gasteiger partial charge is 0.236 e. The van der Waals surface area contributed by atoms with Gasteiger partial charge in [0.15, 0.2) is 0 Å². The molecule has 1 aliphatic rings. The highest BCUT2D eigenvalue weighted by atomic mass is 16.5. The predicted molar refractivity (Wildman–Crippen MR) is 103 cm³/mol. The quantitative estimate of drug-likeness (QED) is 0.741. The molecule has 1 fully saturated rings. The highest BCUT2D eigenvalue weighted by Crippen LogP contribution is 2.20. The van der Waals surface area contributed by atoms with Crippen LogP contribution in [0.1, 0.15) is 13.3 Å². The number of carbonyl (C=O) groups excluding carboxylic acids is 2. The Morgan fingerprint density at radius 3 is 2.35 bits per heavy atom. The van der Waals surface area contributed by atoms with Gasteiger partial charge in [-0.15, -0.1) is 0 Å². The number of ether oxygens (including phenoxy) is 1. The van der Waals surface area contributed by atoms with Gasteiger partial charge in [-0.05, 0) is 37.7 Å². The maximum atomic E-state index is 12.4. The van der Waals surface area contributed by atoms with Crippen molar-refractivity contribution < 1.29 is 14.3 Å². The zero-order valence-electron chi connectivity index (χ0n) is 16.0. The fraction of sp³-hybridized carbons (Fsp3) is 0.579. The highest BCUT2D eigenvalue weighted by molar-refractivity contribution is 5.81. The number of nitrogens with one attached hydrogen (secondary N) is 1. The van der Waals surface area contributed by atoms with Crippen molar-refractivity contribution in [3.8, 4) is 5.75 Å². The number of methoxy groups -OCH3 is 1. The fourth-order valence-electron chi connectivity index (χ4n) is 2.96. The van der Waals surface area contributed by atoms with Crippen molar-refractivity contribution in [1.82, 2.24) is 15.1 Å². The minimum absolute atomic E-state index is 0.0357. The lowest BCUT2D eigenvalue weighted by molar-refractivity contribution is -0.133. The van der Waals surface area contributed by atoms with E-state index in [0.29, 0.717) is 19.6 Å². The van der Waals surface area contributed by atoms with Gasteiger partial charge in [-0.3, -0.25) is 14.5 Å². The number of rotatable bonds is 8. The van der Waals surface area contributed by atoms with Crippen molar-refractivity contribution in [3.05, 3.63) is 24.3 Å². The molecule has 2 amide bonds. The van der Waals surface area contributed by atoms with Crippen molar-refractivity contribution in [1.29, 1.82) is 0 Å². The van der Waals surface area contributed by atoms with E-state index >= 15 is 0 Å². The highest BCUT2D eigenvalue weighted by Gasteiger charge is 2.22. The number of likely N-dealkylation sites (N-methyl/N-ethyl adjacent to an activating group) is 1. The molecule has 0 atom stereocenters. The third kappa shape index (κ3) is 5.91. The molecule has 0 saturated carbocycles. The number of amides is 2. The minimum Gasteiger partial charge on any atom is -0.497 e. The van der Waals surface area contributed by atoms with E-state index in [1.165, 1.54) is 0 Å². The van der Waals surface area contributed by atoms with Gasteiger partial charge in [0.25, 0.3) is 0 Å². The van der Waals surface area contributed by atoms with Gasteiger partial charge < -0.3 is 19.9 Å². The third-order valence-electron chi connectivity index (χ3n) is 4.46. The Hall–Kier alpha value is -2.28. The van der Waals surface area contributed by atoms with E-state index in [4.69, 9.17) is 4.74 Å². The minimum atomic E-state index is -0.0357. The van der Waals surface area contributed by atoms with Crippen LogP contribution in [0.25, 0.3) is 0 Å². The summed E-state index contributed by atoms with van der Waals surface area (Å²) in [6.45, 7) is 6.20. The Kier molecular flexibility index (Phi) is 7.72. The van der Waals surface area contributed by atoms with Crippen LogP contribution in [0.4, 0.5) is 5.69 Å². The molecule has 0 spiro atoms. The molecule has 0 bridgehead atoms. The largest absolute Gasteiger partial charge is 0.497 e. The molecule has 144 valence electrons. The van der Waals surface area contributed by atoms with E-state index in [2.05, 4.69) is 10.2 Å². The molecule has 0 radical (unpaired) electrons. The molecule has 1 heterocycles. The summed E-state index contributed by atoms with van der Waals surface area (Å²) in [5.74, 6) is 0.880. The number of anilines is 1. The first-order chi connectivity index (χ1) is 12.5. The molecule has 1 aromatic rings. The molecule has 0 aromatic heterocycles. The van der Waals surface area contributed by atoms with Crippen LogP contribution in [0.15, 0.2) is 24.3 Å². The number of hydrogen-bond donors (Lipinski definition) is 1. The molecule has 1 aliphatic heterocycles. The maximum absolute atomic E-state index is 12.4. The number of carbonyl (C=O) groups is 2. The number of benzene rings is 1. The monoisotopic (exact) mass is 362 g/mol. The van der Waals surface area contributed by atoms with E-state index in [1.807, 2.05) is 36.1 Å². The predicted octanol–water partition coefficient (Wildman–Crippen LogP) is 0.802. The third-order valence-corrected chi connectivity index (χ3v) is 4.46. The van der Waals surface area contributed by atoms with Crippen LogP contribution in [0.3, 0.4) is 0 Å². The standard InChI is InChI=1S/C19H30N4O3/c1-4-9-20-18(24)14-21(2)15-19(25)23-12-10-22(11-13-23)16-5-7-17(26-3)8-6-16/h5-8H,4,9-15H2,1-3H3,(H,20,24). The molecular weight excluding hydrogens is 332 g/mol. The van der Waals surface area contributed by atoms with Gasteiger partial charge in [-0.1, -0.05) is 6.92 Å². The van der Waals surface area contributed by atoms with Gasteiger partial charge in [0.05, 0.1) is 20.2 Å². The van der Waals surface area contributed by atoms with Crippen LogP contribution in [0.5, 0.6) is 5.75 Å². The van der Waals surface area contributed by atoms with Crippen LogP contribution < -0.4 is 15.0 Å². The van der Waals surface area contributed by atoms with Crippen LogP contribution in [0.2, 0.25) is 0 Å². The first-order valence-corrected chi connectivity index (χ1v) is 9.15. The van der Waals surface area contributed by atoms with Crippen molar-refractivity contribution in [2.24, 2.45) is 0 Å². The van der Waals surface area contributed by atoms with Gasteiger partial charge in [0.1, 0.15) is 5.75 Å². The van der Waals surface area contributed by atoms with E-state index in [1.54, 1.807) is 19.1 Å². The first kappa shape index (κ1) is 20.0. The Balaban J connectivity index is 1.75. The van der Waals surface area contributed by atoms with Crippen molar-refractivity contribution in [2.75, 3.05) is 64.9 Å². The Labute approximate surface area is 155 Å². The summed E-state index contributed by atoms with van der Waals surface area (Å²) in [5.41, 5.74) is 1.14. The summed E-state index contributed by atoms with van der Waals surface area (Å²) < 4.78 is 5.19. The lowest BCUT2D eigenvalue weighted by Gasteiger charge is -2.36. The van der Waals surface area contributed by atoms with E-state index in [9.17, 15) is 9.59 Å². The number of piperazine rings is 1. The van der Waals surface area contributed by atoms with E-state index in [0.717, 1.165) is 30.9 Å². The molecule has 26 heavy (non-hydrogen) atoms. The van der Waals surface area contributed by atoms with Gasteiger partial charge in [-0.25, -0.2) is 0 Å². The number of nitrogens with zero attached hydrogens (tertiary/aromatic N) is 3. The lowest BCUT2D eigenvalue weighted by atomic mass is 10.2. The Morgan fingerprint density at radius 1 is 1.12 bits per heavy atom. The Bertz CT molecular complexity index is 583. The maximum Gasteiger partial charge on any atom is 0.236 e. The zero-order valence-corrected chi connectivity index (χ0v) is 16.0. The first-order valence-electron chi connectivity index (χ1n) is 9.15. The normalized spacial score (nSPS) is 14.5. The van der Waals surface area contributed by atoms with Crippen molar-refractivity contribution in [2.45, 2.75) is 13.3 Å². The van der Waals surface area contributed by atoms with Gasteiger partial charge in [0.2, 0.25) is 11.8 Å². The van der Waals surface area contributed by atoms with Crippen LogP contribution in [0, 0.1) is 0 Å². The van der Waals surface area contributed by atoms with Crippen LogP contribution >= 0.6 is 0 Å². The second kappa shape index (κ2) is 10.0. The average Bonchev–Trinajstić information content (AvgIpc) is 2.66. The van der Waals surface area contributed by atoms with E-state index < -0.39 is 0 Å². The fourth-order valence-corrected chi connectivity index (χ4v) is 2.96. The van der Waals surface area contributed by atoms with E-state index in [-0.39, 0.29) is 24.9 Å². The molecule has 1 N–H and O–H groups in total. The summed E-state index contributed by atoms with van der Waals surface area (Å²) in [6, 6.07) is 7.98. The summed E-state index contributed by atoms with van der Waals surface area (Å²) in [6.07, 6.45) is 0.910. The second-order valence-electron chi connectivity index (χ2n) is 6.59. The van der Waals surface area contributed by atoms with Crippen molar-refractivity contribution in [3.63, 3.8) is 0 Å². The molecule has 7 heteroatoms. The second-order valence-corrected chi connectivity index (χ2v) is 6.59. The van der Waals surface area contributed by atoms with Gasteiger partial charge in [0, 0.05) is 38.4 Å². The average molecular weight is 362 g/mol. The van der Waals surface area contributed by atoms with Crippen molar-refractivity contribution >= 4 is 17.5 Å². The summed E-state index contributed by atoms with van der Waals surface area (Å²) in [7, 11) is 3.46. The van der Waals surface area contributed by atoms with Crippen LogP contribution in [-0.4, -0.2) is 81.6 Å². The van der Waals surface area contributed by atoms with Crippen LogP contribution in [-0.2, 0) is 9.59 Å². The zero-order chi connectivity index (χ0) is 18.9. The SMILES string of the molecule is CCCNC(=O)CN(C)CC(=O)N1CCN(c2ccc(OC)cc2)CC1. The molecule has 0 aliphatic carbocycles. The molecular formula is C19H30N4O3. The summed E-state index contributed by atoms with van der Waals surface area (Å²) in [5, 5.41) is 2.83. The summed E-state index contributed by atoms with van der Waals surface area (Å²) >= 11 is 0. The van der Waals surface area contributed by atoms with Gasteiger partial charge in [-0.2, -0.15) is 0 Å². The topological polar surface area (TPSA) is 65.1 Å². The molecule has 1 aromatic carbocycles. The molecule has 0 unspecified atom stereocenters. The molecule has 2 rings (SSSR count). The lowest BCUT2D eigenvalue weighted by Crippen LogP contribution is -2.51. The number of hydrogen-bond acceptors (Lipinski definition) is 5. The molecule has 1 saturated heterocycles. The summed E-state index contributed by atoms with van der Waals surface area (Å²) in [4.78, 5) is 30.1. The molecule has 7 nitrogen and oxygen atoms in total. The van der Waals surface area contributed by atoms with Gasteiger partial charge >= 0.3 is 0 Å². The Morgan fingerprint density at radius 2 is 1.77 bits per heavy atom.